The lowest BCUT2D eigenvalue weighted by Crippen LogP contribution is -2.32. The van der Waals surface area contributed by atoms with E-state index in [1.807, 2.05) is 37.3 Å². The molecule has 0 bridgehead atoms. The minimum Gasteiger partial charge on any atom is -0.507 e. The van der Waals surface area contributed by atoms with Gasteiger partial charge in [-0.3, -0.25) is 9.59 Å². The van der Waals surface area contributed by atoms with Gasteiger partial charge in [-0.15, -0.1) is 0 Å². The molecule has 1 aliphatic heterocycles. The van der Waals surface area contributed by atoms with Gasteiger partial charge in [0.25, 0.3) is 11.7 Å². The van der Waals surface area contributed by atoms with Crippen molar-refractivity contribution in [2.75, 3.05) is 34.5 Å². The minimum absolute atomic E-state index is 0.00400. The van der Waals surface area contributed by atoms with Crippen molar-refractivity contribution in [2.45, 2.75) is 19.6 Å². The zero-order valence-electron chi connectivity index (χ0n) is 21.9. The summed E-state index contributed by atoms with van der Waals surface area (Å²) in [7, 11) is 4.61. The van der Waals surface area contributed by atoms with Gasteiger partial charge in [0, 0.05) is 19.2 Å². The molecule has 1 unspecified atom stereocenters. The molecule has 198 valence electrons. The first-order valence-electron chi connectivity index (χ1n) is 12.2. The molecule has 1 saturated heterocycles. The highest BCUT2D eigenvalue weighted by molar-refractivity contribution is 6.46. The van der Waals surface area contributed by atoms with Crippen molar-refractivity contribution in [3.8, 4) is 17.2 Å². The second-order valence-corrected chi connectivity index (χ2v) is 8.85. The number of amides is 1. The van der Waals surface area contributed by atoms with Crippen molar-refractivity contribution < 1.29 is 33.6 Å². The van der Waals surface area contributed by atoms with Crippen LogP contribution in [0.4, 0.5) is 0 Å². The number of Topliss-reactive ketones (excluding diaryl/α,β-unsaturated/α-hetero) is 1. The largest absolute Gasteiger partial charge is 0.507 e. The maximum atomic E-state index is 13.2. The first-order chi connectivity index (χ1) is 18.4. The zero-order chi connectivity index (χ0) is 27.2. The van der Waals surface area contributed by atoms with E-state index >= 15 is 0 Å². The predicted octanol–water partition coefficient (Wildman–Crippen LogP) is 4.66. The first-order valence-corrected chi connectivity index (χ1v) is 12.2. The third-order valence-corrected chi connectivity index (χ3v) is 6.49. The molecule has 3 aromatic rings. The Morgan fingerprint density at radius 2 is 1.61 bits per heavy atom. The van der Waals surface area contributed by atoms with Crippen LogP contribution in [0, 0.1) is 6.92 Å². The highest BCUT2D eigenvalue weighted by atomic mass is 16.5. The van der Waals surface area contributed by atoms with E-state index in [4.69, 9.17) is 18.9 Å². The van der Waals surface area contributed by atoms with E-state index in [1.54, 1.807) is 43.5 Å². The summed E-state index contributed by atoms with van der Waals surface area (Å²) in [6.07, 6.45) is 0. The van der Waals surface area contributed by atoms with Crippen LogP contribution in [-0.4, -0.2) is 56.2 Å². The molecule has 0 radical (unpaired) electrons. The zero-order valence-corrected chi connectivity index (χ0v) is 21.9. The molecule has 1 fully saturated rings. The first kappa shape index (κ1) is 26.8. The van der Waals surface area contributed by atoms with Crippen molar-refractivity contribution in [1.82, 2.24) is 4.90 Å². The van der Waals surface area contributed by atoms with Crippen molar-refractivity contribution in [2.24, 2.45) is 0 Å². The number of benzene rings is 3. The van der Waals surface area contributed by atoms with Crippen LogP contribution in [-0.2, 0) is 20.9 Å². The summed E-state index contributed by atoms with van der Waals surface area (Å²) < 4.78 is 22.1. The fourth-order valence-electron chi connectivity index (χ4n) is 4.54. The van der Waals surface area contributed by atoms with Crippen molar-refractivity contribution in [1.29, 1.82) is 0 Å². The van der Waals surface area contributed by atoms with Crippen LogP contribution in [0.15, 0.2) is 72.3 Å². The molecule has 1 atom stereocenters. The van der Waals surface area contributed by atoms with Gasteiger partial charge in [-0.25, -0.2) is 0 Å². The Morgan fingerprint density at radius 1 is 0.895 bits per heavy atom. The fraction of sp³-hybridized carbons (Fsp3) is 0.267. The molecule has 3 aromatic carbocycles. The lowest BCUT2D eigenvalue weighted by molar-refractivity contribution is -0.140. The Bertz CT molecular complexity index is 1350. The number of aliphatic hydroxyl groups excluding tert-OH is 1. The van der Waals surface area contributed by atoms with Gasteiger partial charge in [-0.05, 0) is 53.9 Å². The number of carbonyl (C=O) groups is 2. The van der Waals surface area contributed by atoms with Crippen LogP contribution >= 0.6 is 0 Å². The summed E-state index contributed by atoms with van der Waals surface area (Å²) in [5.74, 6) is -0.129. The molecule has 1 aliphatic rings. The van der Waals surface area contributed by atoms with Gasteiger partial charge in [0.2, 0.25) is 0 Å². The standard InChI is InChI=1S/C30H31NO7/c1-19-16-22(11-12-23(19)36-3)28(32)26-27(31(14-15-35-2)30(34)29(26)33)21-10-13-24(25(17-21)37-4)38-18-20-8-6-5-7-9-20/h5-13,16-17,27,32H,14-15,18H2,1-4H3. The van der Waals surface area contributed by atoms with Gasteiger partial charge >= 0.3 is 0 Å². The van der Waals surface area contributed by atoms with Gasteiger partial charge in [0.05, 0.1) is 32.4 Å². The Kier molecular flexibility index (Phi) is 8.33. The summed E-state index contributed by atoms with van der Waals surface area (Å²) in [4.78, 5) is 27.7. The summed E-state index contributed by atoms with van der Waals surface area (Å²) in [5.41, 5.74) is 2.78. The highest BCUT2D eigenvalue weighted by Crippen LogP contribution is 2.42. The van der Waals surface area contributed by atoms with Gasteiger partial charge in [-0.1, -0.05) is 36.4 Å². The summed E-state index contributed by atoms with van der Waals surface area (Å²) in [6.45, 7) is 2.57. The van der Waals surface area contributed by atoms with Crippen LogP contribution in [0.3, 0.4) is 0 Å². The molecule has 38 heavy (non-hydrogen) atoms. The van der Waals surface area contributed by atoms with E-state index < -0.39 is 17.7 Å². The number of methoxy groups -OCH3 is 3. The molecule has 1 heterocycles. The molecule has 0 aromatic heterocycles. The Morgan fingerprint density at radius 3 is 2.26 bits per heavy atom. The van der Waals surface area contributed by atoms with Gasteiger partial charge in [0.15, 0.2) is 11.5 Å². The number of hydrogen-bond donors (Lipinski definition) is 1. The third-order valence-electron chi connectivity index (χ3n) is 6.49. The quantitative estimate of drug-likeness (QED) is 0.237. The molecule has 1 amide bonds. The second-order valence-electron chi connectivity index (χ2n) is 8.85. The van der Waals surface area contributed by atoms with E-state index in [0.717, 1.165) is 11.1 Å². The van der Waals surface area contributed by atoms with E-state index in [2.05, 4.69) is 0 Å². The van der Waals surface area contributed by atoms with Crippen molar-refractivity contribution in [3.63, 3.8) is 0 Å². The number of carbonyl (C=O) groups excluding carboxylic acids is 2. The molecular formula is C30H31NO7. The molecule has 8 heteroatoms. The average molecular weight is 518 g/mol. The van der Waals surface area contributed by atoms with E-state index in [9.17, 15) is 14.7 Å². The number of likely N-dealkylation sites (tertiary alicyclic amines) is 1. The van der Waals surface area contributed by atoms with Crippen molar-refractivity contribution >= 4 is 17.4 Å². The predicted molar refractivity (Wildman–Crippen MR) is 142 cm³/mol. The number of nitrogens with zero attached hydrogens (tertiary/aromatic N) is 1. The number of aryl methyl sites for hydroxylation is 1. The van der Waals surface area contributed by atoms with Crippen LogP contribution < -0.4 is 14.2 Å². The molecule has 0 saturated carbocycles. The van der Waals surface area contributed by atoms with Crippen molar-refractivity contribution in [3.05, 3.63) is 94.6 Å². The van der Waals surface area contributed by atoms with E-state index in [0.29, 0.717) is 35.0 Å². The summed E-state index contributed by atoms with van der Waals surface area (Å²) in [6, 6.07) is 19.2. The fourth-order valence-corrected chi connectivity index (χ4v) is 4.54. The summed E-state index contributed by atoms with van der Waals surface area (Å²) in [5, 5.41) is 11.3. The van der Waals surface area contributed by atoms with E-state index in [1.165, 1.54) is 19.1 Å². The number of rotatable bonds is 10. The summed E-state index contributed by atoms with van der Waals surface area (Å²) >= 11 is 0. The van der Waals surface area contributed by atoms with Gasteiger partial charge in [0.1, 0.15) is 18.1 Å². The number of ether oxygens (including phenoxy) is 4. The molecule has 8 nitrogen and oxygen atoms in total. The molecular weight excluding hydrogens is 486 g/mol. The molecule has 4 rings (SSSR count). The van der Waals surface area contributed by atoms with E-state index in [-0.39, 0.29) is 24.5 Å². The minimum atomic E-state index is -0.843. The SMILES string of the molecule is COCCN1C(=O)C(=O)C(=C(O)c2ccc(OC)c(C)c2)C1c1ccc(OCc2ccccc2)c(OC)c1. The molecule has 0 spiro atoms. The highest BCUT2D eigenvalue weighted by Gasteiger charge is 2.46. The van der Waals surface area contributed by atoms with Crippen LogP contribution in [0.2, 0.25) is 0 Å². The van der Waals surface area contributed by atoms with Crippen LogP contribution in [0.25, 0.3) is 5.76 Å². The maximum Gasteiger partial charge on any atom is 0.295 e. The molecule has 0 aliphatic carbocycles. The number of hydrogen-bond acceptors (Lipinski definition) is 7. The topological polar surface area (TPSA) is 94.5 Å². The van der Waals surface area contributed by atoms with Crippen LogP contribution in [0.1, 0.15) is 28.3 Å². The Labute approximate surface area is 222 Å². The van der Waals surface area contributed by atoms with Crippen LogP contribution in [0.5, 0.6) is 17.2 Å². The average Bonchev–Trinajstić information content (AvgIpc) is 3.19. The number of aliphatic hydroxyl groups is 1. The lowest BCUT2D eigenvalue weighted by Gasteiger charge is -2.25. The van der Waals surface area contributed by atoms with Gasteiger partial charge in [-0.2, -0.15) is 0 Å². The Hall–Kier alpha value is -4.30. The lowest BCUT2D eigenvalue weighted by atomic mass is 9.94. The number of ketones is 1. The molecule has 1 N–H and O–H groups in total. The normalized spacial score (nSPS) is 16.5. The smallest absolute Gasteiger partial charge is 0.295 e. The third kappa shape index (κ3) is 5.35. The Balaban J connectivity index is 1.76. The second kappa shape index (κ2) is 11.8. The van der Waals surface area contributed by atoms with Gasteiger partial charge < -0.3 is 29.0 Å². The monoisotopic (exact) mass is 517 g/mol. The maximum absolute atomic E-state index is 13.2.